The molecule has 6 heteroatoms. The van der Waals surface area contributed by atoms with Crippen LogP contribution in [0, 0.1) is 0 Å². The zero-order chi connectivity index (χ0) is 12.6. The number of hydrogen-bond donors (Lipinski definition) is 1. The molecule has 2 aromatic rings. The molecule has 0 saturated heterocycles. The molecule has 0 radical (unpaired) electrons. The van der Waals surface area contributed by atoms with E-state index < -0.39 is 6.36 Å². The van der Waals surface area contributed by atoms with Gasteiger partial charge >= 0.3 is 6.36 Å². The molecule has 0 fully saturated rings. The van der Waals surface area contributed by atoms with E-state index in [1.165, 1.54) is 12.1 Å². The van der Waals surface area contributed by atoms with Gasteiger partial charge in [0.15, 0.2) is 0 Å². The molecule has 0 unspecified atom stereocenters. The minimum Gasteiger partial charge on any atom is -0.506 e. The summed E-state index contributed by atoms with van der Waals surface area (Å²) in [5.41, 5.74) is 0. The average Bonchev–Trinajstić information content (AvgIpc) is 2.21. The first-order chi connectivity index (χ1) is 7.87. The SMILES string of the molecule is Oc1c(Br)ccc2cc(OC(F)(F)F)ccc12. The van der Waals surface area contributed by atoms with Crippen molar-refractivity contribution in [2.45, 2.75) is 6.36 Å². The van der Waals surface area contributed by atoms with Crippen LogP contribution in [-0.2, 0) is 0 Å². The molecule has 0 saturated carbocycles. The molecule has 0 aliphatic heterocycles. The topological polar surface area (TPSA) is 29.5 Å². The van der Waals surface area contributed by atoms with Crippen molar-refractivity contribution in [2.24, 2.45) is 0 Å². The first kappa shape index (κ1) is 12.0. The van der Waals surface area contributed by atoms with Crippen molar-refractivity contribution in [2.75, 3.05) is 0 Å². The highest BCUT2D eigenvalue weighted by atomic mass is 79.9. The molecule has 0 amide bonds. The molecule has 0 aliphatic rings. The third kappa shape index (κ3) is 2.63. The predicted molar refractivity (Wildman–Crippen MR) is 60.0 cm³/mol. The van der Waals surface area contributed by atoms with E-state index in [9.17, 15) is 18.3 Å². The number of fused-ring (bicyclic) bond motifs is 1. The normalized spacial score (nSPS) is 11.8. The minimum atomic E-state index is -4.72. The number of benzene rings is 2. The average molecular weight is 307 g/mol. The van der Waals surface area contributed by atoms with Gasteiger partial charge in [0.05, 0.1) is 4.47 Å². The largest absolute Gasteiger partial charge is 0.573 e. The highest BCUT2D eigenvalue weighted by Crippen LogP contribution is 2.35. The third-order valence-corrected chi connectivity index (χ3v) is 2.79. The lowest BCUT2D eigenvalue weighted by Gasteiger charge is -2.10. The Balaban J connectivity index is 2.49. The summed E-state index contributed by atoms with van der Waals surface area (Å²) in [6, 6.07) is 6.88. The molecule has 1 N–H and O–H groups in total. The second kappa shape index (κ2) is 4.10. The number of halogens is 4. The van der Waals surface area contributed by atoms with Gasteiger partial charge in [-0.3, -0.25) is 0 Å². The van der Waals surface area contributed by atoms with Gasteiger partial charge in [-0.2, -0.15) is 0 Å². The van der Waals surface area contributed by atoms with Crippen LogP contribution >= 0.6 is 15.9 Å². The summed E-state index contributed by atoms with van der Waals surface area (Å²) in [4.78, 5) is 0. The molecule has 2 nitrogen and oxygen atoms in total. The second-order valence-electron chi connectivity index (χ2n) is 3.33. The summed E-state index contributed by atoms with van der Waals surface area (Å²) < 4.78 is 40.3. The van der Waals surface area contributed by atoms with Crippen molar-refractivity contribution in [3.63, 3.8) is 0 Å². The summed E-state index contributed by atoms with van der Waals surface area (Å²) in [7, 11) is 0. The van der Waals surface area contributed by atoms with E-state index in [0.717, 1.165) is 6.07 Å². The highest BCUT2D eigenvalue weighted by Gasteiger charge is 2.31. The number of ether oxygens (including phenoxy) is 1. The van der Waals surface area contributed by atoms with Crippen LogP contribution in [0.3, 0.4) is 0 Å². The number of rotatable bonds is 1. The van der Waals surface area contributed by atoms with Crippen molar-refractivity contribution in [1.82, 2.24) is 0 Å². The van der Waals surface area contributed by atoms with Crippen molar-refractivity contribution in [1.29, 1.82) is 0 Å². The Morgan fingerprint density at radius 1 is 1.12 bits per heavy atom. The monoisotopic (exact) mass is 306 g/mol. The molecular weight excluding hydrogens is 301 g/mol. The minimum absolute atomic E-state index is 0.0129. The van der Waals surface area contributed by atoms with Crippen molar-refractivity contribution in [3.8, 4) is 11.5 Å². The molecule has 0 spiro atoms. The number of aromatic hydroxyl groups is 1. The van der Waals surface area contributed by atoms with Crippen LogP contribution in [0.25, 0.3) is 10.8 Å². The summed E-state index contributed by atoms with van der Waals surface area (Å²) in [6.45, 7) is 0. The molecule has 0 aliphatic carbocycles. The summed E-state index contributed by atoms with van der Waals surface area (Å²) >= 11 is 3.12. The van der Waals surface area contributed by atoms with E-state index in [4.69, 9.17) is 0 Å². The fourth-order valence-electron chi connectivity index (χ4n) is 1.46. The van der Waals surface area contributed by atoms with Crippen LogP contribution in [0.1, 0.15) is 0 Å². The molecule has 2 rings (SSSR count). The lowest BCUT2D eigenvalue weighted by molar-refractivity contribution is -0.274. The van der Waals surface area contributed by atoms with Crippen LogP contribution in [0.15, 0.2) is 34.8 Å². The Morgan fingerprint density at radius 2 is 1.82 bits per heavy atom. The smallest absolute Gasteiger partial charge is 0.506 e. The van der Waals surface area contributed by atoms with Crippen LogP contribution in [-0.4, -0.2) is 11.5 Å². The molecule has 2 aromatic carbocycles. The zero-order valence-corrected chi connectivity index (χ0v) is 9.84. The van der Waals surface area contributed by atoms with Crippen molar-refractivity contribution >= 4 is 26.7 Å². The quantitative estimate of drug-likeness (QED) is 0.855. The summed E-state index contributed by atoms with van der Waals surface area (Å²) in [5, 5.41) is 10.6. The van der Waals surface area contributed by atoms with Gasteiger partial charge in [-0.25, -0.2) is 0 Å². The van der Waals surface area contributed by atoms with Gasteiger partial charge in [-0.05, 0) is 45.6 Å². The lowest BCUT2D eigenvalue weighted by Crippen LogP contribution is -2.16. The molecule has 0 aromatic heterocycles. The first-order valence-corrected chi connectivity index (χ1v) is 5.33. The molecule has 0 heterocycles. The summed E-state index contributed by atoms with van der Waals surface area (Å²) in [6.07, 6.45) is -4.72. The van der Waals surface area contributed by atoms with Gasteiger partial charge in [0.2, 0.25) is 0 Å². The van der Waals surface area contributed by atoms with Crippen LogP contribution in [0.2, 0.25) is 0 Å². The van der Waals surface area contributed by atoms with Crippen molar-refractivity contribution < 1.29 is 23.0 Å². The van der Waals surface area contributed by atoms with Crippen LogP contribution < -0.4 is 4.74 Å². The standard InChI is InChI=1S/C11H6BrF3O2/c12-9-4-1-6-5-7(17-11(13,14)15)2-3-8(6)10(9)16/h1-5,16H. The van der Waals surface area contributed by atoms with Gasteiger partial charge in [0, 0.05) is 5.39 Å². The van der Waals surface area contributed by atoms with E-state index in [1.54, 1.807) is 12.1 Å². The maximum atomic E-state index is 12.0. The fourth-order valence-corrected chi connectivity index (χ4v) is 1.81. The number of phenolic OH excluding ortho intramolecular Hbond substituents is 1. The maximum absolute atomic E-state index is 12.0. The first-order valence-electron chi connectivity index (χ1n) is 4.54. The Kier molecular flexibility index (Phi) is 2.91. The molecular formula is C11H6BrF3O2. The predicted octanol–water partition coefficient (Wildman–Crippen LogP) is 4.21. The van der Waals surface area contributed by atoms with E-state index in [-0.39, 0.29) is 11.5 Å². The number of hydrogen-bond acceptors (Lipinski definition) is 2. The Bertz CT molecular complexity index is 566. The van der Waals surface area contributed by atoms with Gasteiger partial charge in [0.1, 0.15) is 11.5 Å². The Hall–Kier alpha value is -1.43. The van der Waals surface area contributed by atoms with Gasteiger partial charge in [0.25, 0.3) is 0 Å². The van der Waals surface area contributed by atoms with E-state index in [1.807, 2.05) is 0 Å². The zero-order valence-electron chi connectivity index (χ0n) is 8.25. The number of alkyl halides is 3. The van der Waals surface area contributed by atoms with Gasteiger partial charge in [-0.15, -0.1) is 13.2 Å². The Morgan fingerprint density at radius 3 is 2.47 bits per heavy atom. The van der Waals surface area contributed by atoms with E-state index >= 15 is 0 Å². The lowest BCUT2D eigenvalue weighted by atomic mass is 10.1. The second-order valence-corrected chi connectivity index (χ2v) is 4.18. The molecule has 0 atom stereocenters. The highest BCUT2D eigenvalue weighted by molar-refractivity contribution is 9.10. The number of phenols is 1. The van der Waals surface area contributed by atoms with E-state index in [2.05, 4.69) is 20.7 Å². The van der Waals surface area contributed by atoms with Crippen LogP contribution in [0.4, 0.5) is 13.2 Å². The van der Waals surface area contributed by atoms with Gasteiger partial charge in [-0.1, -0.05) is 6.07 Å². The molecule has 17 heavy (non-hydrogen) atoms. The maximum Gasteiger partial charge on any atom is 0.573 e. The molecule has 90 valence electrons. The molecule has 0 bridgehead atoms. The van der Waals surface area contributed by atoms with Gasteiger partial charge < -0.3 is 9.84 Å². The fraction of sp³-hybridized carbons (Fsp3) is 0.0909. The third-order valence-electron chi connectivity index (χ3n) is 2.15. The van der Waals surface area contributed by atoms with Crippen LogP contribution in [0.5, 0.6) is 11.5 Å². The Labute approximate surface area is 103 Å². The van der Waals surface area contributed by atoms with E-state index in [0.29, 0.717) is 15.2 Å². The van der Waals surface area contributed by atoms with Crippen molar-refractivity contribution in [3.05, 3.63) is 34.8 Å². The summed E-state index contributed by atoms with van der Waals surface area (Å²) in [5.74, 6) is -0.326.